The summed E-state index contributed by atoms with van der Waals surface area (Å²) < 4.78 is 0. The minimum atomic E-state index is -0.450. The minimum absolute atomic E-state index is 0.450. The highest BCUT2D eigenvalue weighted by molar-refractivity contribution is 6.26. The summed E-state index contributed by atoms with van der Waals surface area (Å²) >= 11 is 0. The first-order valence-corrected chi connectivity index (χ1v) is 20.7. The number of rotatable bonds is 2. The van der Waals surface area contributed by atoms with Gasteiger partial charge in [0.25, 0.3) is 0 Å². The Balaban J connectivity index is 1.01. The molecule has 0 aliphatic heterocycles. The fourth-order valence-electron chi connectivity index (χ4n) is 11.6. The van der Waals surface area contributed by atoms with E-state index < -0.39 is 5.41 Å². The minimum Gasteiger partial charge on any atom is -0.0619 e. The van der Waals surface area contributed by atoms with Crippen LogP contribution >= 0.6 is 0 Å². The molecule has 12 aromatic rings. The van der Waals surface area contributed by atoms with Gasteiger partial charge in [-0.25, -0.2) is 0 Å². The van der Waals surface area contributed by atoms with Gasteiger partial charge in [0.05, 0.1) is 5.41 Å². The normalized spacial score (nSPS) is 13.6. The Hall–Kier alpha value is -7.54. The smallest absolute Gasteiger partial charge is 0.0619 e. The number of fused-ring (bicyclic) bond motifs is 16. The summed E-state index contributed by atoms with van der Waals surface area (Å²) in [4.78, 5) is 0. The quantitative estimate of drug-likeness (QED) is 0.155. The van der Waals surface area contributed by atoms with E-state index in [9.17, 15) is 0 Å². The molecule has 0 atom stereocenters. The van der Waals surface area contributed by atoms with Crippen molar-refractivity contribution in [3.63, 3.8) is 0 Å². The number of hydrogen-bond donors (Lipinski definition) is 0. The Morgan fingerprint density at radius 2 is 0.814 bits per heavy atom. The summed E-state index contributed by atoms with van der Waals surface area (Å²) in [7, 11) is 0. The van der Waals surface area contributed by atoms with Crippen LogP contribution in [0.2, 0.25) is 0 Å². The summed E-state index contributed by atoms with van der Waals surface area (Å²) in [6.45, 7) is 0. The van der Waals surface area contributed by atoms with E-state index in [-0.39, 0.29) is 0 Å². The molecule has 12 aromatic carbocycles. The third kappa shape index (κ3) is 3.98. The molecule has 0 bridgehead atoms. The molecule has 0 saturated carbocycles. The van der Waals surface area contributed by atoms with Gasteiger partial charge in [-0.3, -0.25) is 0 Å². The Bertz CT molecular complexity index is 3710. The van der Waals surface area contributed by atoms with E-state index in [0.29, 0.717) is 0 Å². The first kappa shape index (κ1) is 31.5. The lowest BCUT2D eigenvalue weighted by molar-refractivity contribution is 0.803. The van der Waals surface area contributed by atoms with E-state index in [1.807, 2.05) is 0 Å². The van der Waals surface area contributed by atoms with E-state index in [1.54, 1.807) is 0 Å². The van der Waals surface area contributed by atoms with Crippen molar-refractivity contribution in [2.24, 2.45) is 0 Å². The molecule has 0 aromatic heterocycles. The van der Waals surface area contributed by atoms with Crippen molar-refractivity contribution in [3.8, 4) is 44.5 Å². The molecular formula is C59H34. The third-order valence-corrected chi connectivity index (χ3v) is 14.0. The Morgan fingerprint density at radius 3 is 1.58 bits per heavy atom. The monoisotopic (exact) mass is 742 g/mol. The van der Waals surface area contributed by atoms with Gasteiger partial charge in [-0.1, -0.05) is 188 Å². The molecule has 59 heavy (non-hydrogen) atoms. The lowest BCUT2D eigenvalue weighted by Gasteiger charge is -2.32. The lowest BCUT2D eigenvalue weighted by atomic mass is 9.69. The highest BCUT2D eigenvalue weighted by atomic mass is 14.5. The lowest BCUT2D eigenvalue weighted by Crippen LogP contribution is -2.26. The van der Waals surface area contributed by atoms with Crippen LogP contribution in [0.4, 0.5) is 0 Å². The molecule has 0 nitrogen and oxygen atoms in total. The summed E-state index contributed by atoms with van der Waals surface area (Å²) in [5, 5.41) is 15.7. The summed E-state index contributed by atoms with van der Waals surface area (Å²) in [6.07, 6.45) is 0. The molecule has 0 heterocycles. The molecule has 2 aliphatic carbocycles. The first-order valence-electron chi connectivity index (χ1n) is 20.7. The van der Waals surface area contributed by atoms with Crippen molar-refractivity contribution < 1.29 is 0 Å². The molecule has 0 unspecified atom stereocenters. The van der Waals surface area contributed by atoms with Gasteiger partial charge in [-0.15, -0.1) is 0 Å². The standard InChI is InChI=1S/C59H34/c1-2-11-41-34-54-51(33-40(41)10-1)57-47-17-4-3-14-44(47)50-32-42(28-31-49(50)58(57)59(54)52-18-7-5-15-45(52)46-16-6-8-19-53(46)59)35-20-22-36(23-21-35)43-29-26-39-25-24-37-12-9-13-38-27-30-48(43)56(39)55(37)38/h1-34H. The zero-order valence-electron chi connectivity index (χ0n) is 32.1. The third-order valence-electron chi connectivity index (χ3n) is 14.0. The summed E-state index contributed by atoms with van der Waals surface area (Å²) in [5.74, 6) is 0. The molecule has 14 rings (SSSR count). The highest BCUT2D eigenvalue weighted by Crippen LogP contribution is 2.66. The molecule has 2 aliphatic rings. The van der Waals surface area contributed by atoms with Gasteiger partial charge in [-0.05, 0) is 150 Å². The van der Waals surface area contributed by atoms with E-state index >= 15 is 0 Å². The molecule has 0 amide bonds. The molecule has 1 spiro atoms. The maximum absolute atomic E-state index is 2.50. The van der Waals surface area contributed by atoms with Gasteiger partial charge in [-0.2, -0.15) is 0 Å². The van der Waals surface area contributed by atoms with Gasteiger partial charge in [0.15, 0.2) is 0 Å². The van der Waals surface area contributed by atoms with Crippen LogP contribution in [0.15, 0.2) is 206 Å². The van der Waals surface area contributed by atoms with Gasteiger partial charge in [0.1, 0.15) is 0 Å². The Kier molecular flexibility index (Phi) is 6.05. The van der Waals surface area contributed by atoms with Crippen LogP contribution in [0.1, 0.15) is 22.3 Å². The first-order chi connectivity index (χ1) is 29.3. The maximum Gasteiger partial charge on any atom is 0.0731 e. The van der Waals surface area contributed by atoms with Gasteiger partial charge >= 0.3 is 0 Å². The van der Waals surface area contributed by atoms with Crippen molar-refractivity contribution in [3.05, 3.63) is 229 Å². The molecule has 0 saturated heterocycles. The van der Waals surface area contributed by atoms with Crippen LogP contribution in [-0.2, 0) is 5.41 Å². The summed E-state index contributed by atoms with van der Waals surface area (Å²) in [5.41, 5.74) is 15.4. The average Bonchev–Trinajstić information content (AvgIpc) is 3.77. The van der Waals surface area contributed by atoms with Crippen molar-refractivity contribution in [1.29, 1.82) is 0 Å². The fourth-order valence-corrected chi connectivity index (χ4v) is 11.6. The second kappa shape index (κ2) is 11.3. The number of hydrogen-bond acceptors (Lipinski definition) is 0. The topological polar surface area (TPSA) is 0 Å². The summed E-state index contributed by atoms with van der Waals surface area (Å²) in [6, 6.07) is 78.1. The molecule has 0 radical (unpaired) electrons. The van der Waals surface area contributed by atoms with Gasteiger partial charge in [0, 0.05) is 0 Å². The fraction of sp³-hybridized carbons (Fsp3) is 0.0169. The van der Waals surface area contributed by atoms with Crippen molar-refractivity contribution >= 4 is 64.6 Å². The molecule has 270 valence electrons. The maximum atomic E-state index is 2.50. The molecule has 0 heteroatoms. The van der Waals surface area contributed by atoms with Crippen LogP contribution < -0.4 is 0 Å². The predicted octanol–water partition coefficient (Wildman–Crippen LogP) is 15.7. The highest BCUT2D eigenvalue weighted by Gasteiger charge is 2.53. The average molecular weight is 743 g/mol. The predicted molar refractivity (Wildman–Crippen MR) is 250 cm³/mol. The second-order valence-corrected chi connectivity index (χ2v) is 16.7. The molecule has 0 N–H and O–H groups in total. The number of benzene rings is 12. The van der Waals surface area contributed by atoms with Crippen molar-refractivity contribution in [2.75, 3.05) is 0 Å². The van der Waals surface area contributed by atoms with E-state index in [0.717, 1.165) is 0 Å². The molecular weight excluding hydrogens is 709 g/mol. The van der Waals surface area contributed by atoms with Gasteiger partial charge in [0.2, 0.25) is 0 Å². The Labute approximate surface area is 341 Å². The van der Waals surface area contributed by atoms with Crippen LogP contribution in [0, 0.1) is 0 Å². The van der Waals surface area contributed by atoms with Crippen LogP contribution in [0.25, 0.3) is 109 Å². The van der Waals surface area contributed by atoms with E-state index in [4.69, 9.17) is 0 Å². The van der Waals surface area contributed by atoms with E-state index in [2.05, 4.69) is 206 Å². The Morgan fingerprint density at radius 1 is 0.254 bits per heavy atom. The SMILES string of the molecule is c1ccc2c(c1)-c1ccccc1C21c2cc3ccccc3cc2-c2c1c1ccc(-c3ccc(-c4ccc5ccc6cccc7ccc4c5c67)cc3)cc1c1ccccc21. The van der Waals surface area contributed by atoms with Crippen LogP contribution in [-0.4, -0.2) is 0 Å². The zero-order valence-corrected chi connectivity index (χ0v) is 32.1. The largest absolute Gasteiger partial charge is 0.0731 e. The van der Waals surface area contributed by atoms with Crippen molar-refractivity contribution in [1.82, 2.24) is 0 Å². The van der Waals surface area contributed by atoms with Gasteiger partial charge < -0.3 is 0 Å². The molecule has 0 fully saturated rings. The van der Waals surface area contributed by atoms with Crippen LogP contribution in [0.3, 0.4) is 0 Å². The van der Waals surface area contributed by atoms with E-state index in [1.165, 1.54) is 131 Å². The van der Waals surface area contributed by atoms with Crippen molar-refractivity contribution in [2.45, 2.75) is 5.41 Å². The second-order valence-electron chi connectivity index (χ2n) is 16.7. The van der Waals surface area contributed by atoms with Crippen LogP contribution in [0.5, 0.6) is 0 Å². The zero-order chi connectivity index (χ0) is 38.4.